The third kappa shape index (κ3) is 2.76. The smallest absolute Gasteiger partial charge is 0.0712 e. The lowest BCUT2D eigenvalue weighted by Crippen LogP contribution is -1.82. The molecule has 0 aliphatic rings. The maximum atomic E-state index is 3.56. The van der Waals surface area contributed by atoms with Gasteiger partial charge in [0.2, 0.25) is 0 Å². The van der Waals surface area contributed by atoms with Gasteiger partial charge in [-0.2, -0.15) is 0 Å². The average molecular weight is 405 g/mol. The Hall–Kier alpha value is -0.120. The zero-order valence-electron chi connectivity index (χ0n) is 8.33. The van der Waals surface area contributed by atoms with Crippen LogP contribution in [0.3, 0.4) is 0 Å². The van der Waals surface area contributed by atoms with Crippen LogP contribution in [-0.2, 0) is 0 Å². The minimum atomic E-state index is 0.216. The molecule has 0 saturated carbocycles. The van der Waals surface area contributed by atoms with Crippen molar-refractivity contribution in [1.29, 1.82) is 0 Å². The van der Waals surface area contributed by atoms with Crippen molar-refractivity contribution in [3.8, 4) is 11.1 Å². The zero-order chi connectivity index (χ0) is 11.5. The Morgan fingerprint density at radius 1 is 0.812 bits per heavy atom. The molecule has 0 saturated heterocycles. The fraction of sp³-hybridized carbons (Fsp3) is 0.0769. The van der Waals surface area contributed by atoms with Gasteiger partial charge in [0.25, 0.3) is 0 Å². The standard InChI is InChI=1S/C13H9Br3/c14-12-4-2-1-3-11(12)9-5-7-10(8-6-9)13(15)16/h1-8,13H. The molecule has 0 amide bonds. The summed E-state index contributed by atoms with van der Waals surface area (Å²) in [5.41, 5.74) is 3.66. The molecule has 82 valence electrons. The summed E-state index contributed by atoms with van der Waals surface area (Å²) in [6, 6.07) is 16.7. The van der Waals surface area contributed by atoms with Crippen LogP contribution in [0.25, 0.3) is 11.1 Å². The van der Waals surface area contributed by atoms with Crippen molar-refractivity contribution in [1.82, 2.24) is 0 Å². The molecule has 0 aliphatic carbocycles. The molecule has 0 bridgehead atoms. The summed E-state index contributed by atoms with van der Waals surface area (Å²) in [6.07, 6.45) is 0. The highest BCUT2D eigenvalue weighted by molar-refractivity contribution is 9.24. The molecule has 0 atom stereocenters. The summed E-state index contributed by atoms with van der Waals surface area (Å²) < 4.78 is 1.34. The highest BCUT2D eigenvalue weighted by Gasteiger charge is 2.04. The maximum Gasteiger partial charge on any atom is 0.0946 e. The maximum absolute atomic E-state index is 3.56. The number of hydrogen-bond acceptors (Lipinski definition) is 0. The van der Waals surface area contributed by atoms with Crippen LogP contribution in [0.2, 0.25) is 0 Å². The highest BCUT2D eigenvalue weighted by atomic mass is 79.9. The molecule has 2 aromatic carbocycles. The van der Waals surface area contributed by atoms with Crippen molar-refractivity contribution >= 4 is 47.8 Å². The molecule has 0 aromatic heterocycles. The Morgan fingerprint density at radius 2 is 1.44 bits per heavy atom. The Labute approximate surface area is 120 Å². The van der Waals surface area contributed by atoms with Crippen molar-refractivity contribution in [2.45, 2.75) is 3.74 Å². The number of rotatable bonds is 2. The predicted molar refractivity (Wildman–Crippen MR) is 80.2 cm³/mol. The summed E-state index contributed by atoms with van der Waals surface area (Å²) in [5.74, 6) is 0. The molecule has 0 N–H and O–H groups in total. The van der Waals surface area contributed by atoms with Gasteiger partial charge in [-0.3, -0.25) is 0 Å². The van der Waals surface area contributed by atoms with E-state index in [-0.39, 0.29) is 3.74 Å². The average Bonchev–Trinajstić information content (AvgIpc) is 2.30. The van der Waals surface area contributed by atoms with Crippen LogP contribution in [0.1, 0.15) is 9.30 Å². The second-order valence-corrected chi connectivity index (χ2v) is 7.32. The van der Waals surface area contributed by atoms with Crippen LogP contribution in [-0.4, -0.2) is 0 Å². The van der Waals surface area contributed by atoms with E-state index in [0.29, 0.717) is 0 Å². The fourth-order valence-corrected chi connectivity index (χ4v) is 2.63. The fourth-order valence-electron chi connectivity index (χ4n) is 1.50. The molecular weight excluding hydrogens is 396 g/mol. The normalized spacial score (nSPS) is 10.8. The zero-order valence-corrected chi connectivity index (χ0v) is 13.1. The Kier molecular flexibility index (Phi) is 4.22. The summed E-state index contributed by atoms with van der Waals surface area (Å²) in [6.45, 7) is 0. The van der Waals surface area contributed by atoms with Gasteiger partial charge in [-0.1, -0.05) is 90.3 Å². The molecule has 0 aliphatic heterocycles. The number of hydrogen-bond donors (Lipinski definition) is 0. The molecular formula is C13H9Br3. The van der Waals surface area contributed by atoms with Gasteiger partial charge in [-0.25, -0.2) is 0 Å². The van der Waals surface area contributed by atoms with E-state index in [1.54, 1.807) is 0 Å². The van der Waals surface area contributed by atoms with Gasteiger partial charge >= 0.3 is 0 Å². The predicted octanol–water partition coefficient (Wildman–Crippen LogP) is 5.90. The third-order valence-electron chi connectivity index (χ3n) is 2.35. The van der Waals surface area contributed by atoms with E-state index in [4.69, 9.17) is 0 Å². The quantitative estimate of drug-likeness (QED) is 0.546. The van der Waals surface area contributed by atoms with E-state index < -0.39 is 0 Å². The van der Waals surface area contributed by atoms with E-state index >= 15 is 0 Å². The number of benzene rings is 2. The van der Waals surface area contributed by atoms with Gasteiger partial charge in [-0.15, -0.1) is 0 Å². The molecule has 3 heteroatoms. The van der Waals surface area contributed by atoms with Crippen molar-refractivity contribution < 1.29 is 0 Å². The lowest BCUT2D eigenvalue weighted by Gasteiger charge is -2.06. The number of halogens is 3. The van der Waals surface area contributed by atoms with Crippen LogP contribution in [0.15, 0.2) is 53.0 Å². The molecule has 2 aromatic rings. The van der Waals surface area contributed by atoms with Crippen LogP contribution >= 0.6 is 47.8 Å². The Balaban J connectivity index is 2.39. The highest BCUT2D eigenvalue weighted by Crippen LogP contribution is 2.32. The third-order valence-corrected chi connectivity index (χ3v) is 4.10. The molecule has 0 radical (unpaired) electrons. The molecule has 0 unspecified atom stereocenters. The van der Waals surface area contributed by atoms with Gasteiger partial charge in [0.15, 0.2) is 0 Å². The van der Waals surface area contributed by atoms with E-state index in [0.717, 1.165) is 4.47 Å². The van der Waals surface area contributed by atoms with Gasteiger partial charge in [-0.05, 0) is 22.8 Å². The van der Waals surface area contributed by atoms with E-state index in [1.165, 1.54) is 16.7 Å². The summed E-state index contributed by atoms with van der Waals surface area (Å²) >= 11 is 10.5. The largest absolute Gasteiger partial charge is 0.0946 e. The van der Waals surface area contributed by atoms with Crippen molar-refractivity contribution in [3.05, 3.63) is 58.6 Å². The first-order valence-electron chi connectivity index (χ1n) is 4.81. The molecule has 0 fully saturated rings. The van der Waals surface area contributed by atoms with E-state index in [9.17, 15) is 0 Å². The Morgan fingerprint density at radius 3 is 2.00 bits per heavy atom. The first-order valence-corrected chi connectivity index (χ1v) is 7.44. The van der Waals surface area contributed by atoms with Gasteiger partial charge in [0, 0.05) is 4.47 Å². The molecule has 0 heterocycles. The molecule has 2 rings (SSSR count). The first-order chi connectivity index (χ1) is 7.68. The van der Waals surface area contributed by atoms with Crippen LogP contribution in [0, 0.1) is 0 Å². The molecule has 0 nitrogen and oxygen atoms in total. The van der Waals surface area contributed by atoms with Gasteiger partial charge < -0.3 is 0 Å². The molecule has 16 heavy (non-hydrogen) atoms. The summed E-state index contributed by atoms with van der Waals surface area (Å²) in [4.78, 5) is 0. The van der Waals surface area contributed by atoms with Gasteiger partial charge in [0.1, 0.15) is 0 Å². The van der Waals surface area contributed by atoms with Crippen molar-refractivity contribution in [3.63, 3.8) is 0 Å². The van der Waals surface area contributed by atoms with Crippen molar-refractivity contribution in [2.24, 2.45) is 0 Å². The summed E-state index contributed by atoms with van der Waals surface area (Å²) in [5, 5.41) is 0. The van der Waals surface area contributed by atoms with E-state index in [1.807, 2.05) is 12.1 Å². The first kappa shape index (κ1) is 12.3. The summed E-state index contributed by atoms with van der Waals surface area (Å²) in [7, 11) is 0. The second-order valence-electron chi connectivity index (χ2n) is 3.40. The lowest BCUT2D eigenvalue weighted by molar-refractivity contribution is 1.42. The topological polar surface area (TPSA) is 0 Å². The monoisotopic (exact) mass is 402 g/mol. The minimum Gasteiger partial charge on any atom is -0.0712 e. The number of alkyl halides is 2. The van der Waals surface area contributed by atoms with Crippen LogP contribution < -0.4 is 0 Å². The van der Waals surface area contributed by atoms with Gasteiger partial charge in [0.05, 0.1) is 3.74 Å². The van der Waals surface area contributed by atoms with Crippen LogP contribution in [0.4, 0.5) is 0 Å². The van der Waals surface area contributed by atoms with Crippen LogP contribution in [0.5, 0.6) is 0 Å². The molecule has 0 spiro atoms. The van der Waals surface area contributed by atoms with E-state index in [2.05, 4.69) is 84.2 Å². The van der Waals surface area contributed by atoms with Crippen molar-refractivity contribution in [2.75, 3.05) is 0 Å². The SMILES string of the molecule is Brc1ccccc1-c1ccc(C(Br)Br)cc1. The lowest BCUT2D eigenvalue weighted by atomic mass is 10.0. The second kappa shape index (κ2) is 5.48. The Bertz CT molecular complexity index is 475. The minimum absolute atomic E-state index is 0.216.